The van der Waals surface area contributed by atoms with Gasteiger partial charge in [0.25, 0.3) is 5.91 Å². The van der Waals surface area contributed by atoms with Gasteiger partial charge in [0.15, 0.2) is 5.60 Å². The number of fused-ring (bicyclic) bond motifs is 2. The second kappa shape index (κ2) is 7.03. The third kappa shape index (κ3) is 3.46. The predicted molar refractivity (Wildman–Crippen MR) is 115 cm³/mol. The first kappa shape index (κ1) is 19.7. The van der Waals surface area contributed by atoms with Crippen molar-refractivity contribution >= 4 is 11.6 Å². The molecule has 4 heteroatoms. The van der Waals surface area contributed by atoms with Gasteiger partial charge in [0.2, 0.25) is 0 Å². The van der Waals surface area contributed by atoms with Crippen LogP contribution >= 0.6 is 0 Å². The molecule has 0 saturated carbocycles. The lowest BCUT2D eigenvalue weighted by Gasteiger charge is -2.36. The molecule has 0 unspecified atom stereocenters. The number of benzene rings is 2. The van der Waals surface area contributed by atoms with Crippen LogP contribution in [-0.4, -0.2) is 25.7 Å². The molecule has 2 aromatic rings. The molecule has 152 valence electrons. The minimum Gasteiger partial charge on any atom is -0.491 e. The van der Waals surface area contributed by atoms with Crippen molar-refractivity contribution in [2.24, 2.45) is 0 Å². The van der Waals surface area contributed by atoms with Crippen molar-refractivity contribution in [1.82, 2.24) is 0 Å². The Labute approximate surface area is 173 Å². The van der Waals surface area contributed by atoms with Gasteiger partial charge < -0.3 is 14.4 Å². The molecule has 0 bridgehead atoms. The summed E-state index contributed by atoms with van der Waals surface area (Å²) in [7, 11) is 1.81. The minimum atomic E-state index is -0.950. The van der Waals surface area contributed by atoms with E-state index in [0.29, 0.717) is 13.0 Å². The Morgan fingerprint density at radius 2 is 1.83 bits per heavy atom. The monoisotopic (exact) mass is 391 g/mol. The van der Waals surface area contributed by atoms with Crippen molar-refractivity contribution in [3.8, 4) is 5.75 Å². The van der Waals surface area contributed by atoms with E-state index in [1.165, 1.54) is 5.56 Å². The average Bonchev–Trinajstić information content (AvgIpc) is 2.88. The number of carbonyl (C=O) groups excluding carboxylic acids is 1. The highest BCUT2D eigenvalue weighted by Crippen LogP contribution is 2.48. The first-order chi connectivity index (χ1) is 13.7. The second-order valence-corrected chi connectivity index (χ2v) is 9.14. The lowest BCUT2D eigenvalue weighted by molar-refractivity contribution is -0.153. The Balaban J connectivity index is 1.53. The van der Waals surface area contributed by atoms with Crippen molar-refractivity contribution in [2.75, 3.05) is 18.6 Å². The zero-order valence-corrected chi connectivity index (χ0v) is 17.9. The molecule has 2 aliphatic heterocycles. The molecule has 0 radical (unpaired) electrons. The maximum absolute atomic E-state index is 13.2. The van der Waals surface area contributed by atoms with E-state index in [9.17, 15) is 4.79 Å². The fourth-order valence-electron chi connectivity index (χ4n) is 4.30. The van der Waals surface area contributed by atoms with E-state index in [1.54, 1.807) is 4.90 Å². The van der Waals surface area contributed by atoms with E-state index in [-0.39, 0.29) is 17.4 Å². The summed E-state index contributed by atoms with van der Waals surface area (Å²) in [6.07, 6.45) is 2.36. The number of para-hydroxylation sites is 1. The number of hydrogen-bond acceptors (Lipinski definition) is 3. The van der Waals surface area contributed by atoms with E-state index in [1.807, 2.05) is 43.4 Å². The minimum absolute atomic E-state index is 0.00863. The van der Waals surface area contributed by atoms with Crippen LogP contribution in [0.2, 0.25) is 0 Å². The molecule has 2 heterocycles. The smallest absolute Gasteiger partial charge is 0.264 e. The first-order valence-electron chi connectivity index (χ1n) is 10.2. The quantitative estimate of drug-likeness (QED) is 0.694. The summed E-state index contributed by atoms with van der Waals surface area (Å²) < 4.78 is 12.4. The molecule has 0 aromatic heterocycles. The van der Waals surface area contributed by atoms with E-state index >= 15 is 0 Å². The number of hydrogen-bond donors (Lipinski definition) is 0. The van der Waals surface area contributed by atoms with Crippen LogP contribution in [0.1, 0.15) is 45.2 Å². The standard InChI is InChI=1S/C25H29NO3/c1-17-14-20(16-28-19-12-10-18(11-13-19)24(2,3)4)29-25(15-17)21-8-6-7-9-22(21)26(5)23(25)27/h6-14,20H,15-16H2,1-5H3/t20-,25+/m0/s1. The Bertz CT molecular complexity index is 955. The van der Waals surface area contributed by atoms with Crippen LogP contribution in [0.5, 0.6) is 5.75 Å². The Hall–Kier alpha value is -2.59. The van der Waals surface area contributed by atoms with Crippen LogP contribution in [0.15, 0.2) is 60.2 Å². The predicted octanol–water partition coefficient (Wildman–Crippen LogP) is 4.97. The van der Waals surface area contributed by atoms with Gasteiger partial charge in [-0.3, -0.25) is 4.79 Å². The molecule has 0 N–H and O–H groups in total. The molecule has 2 aromatic carbocycles. The van der Waals surface area contributed by atoms with Crippen LogP contribution < -0.4 is 9.64 Å². The fraction of sp³-hybridized carbons (Fsp3) is 0.400. The normalized spacial score (nSPS) is 23.9. The maximum atomic E-state index is 13.2. The Morgan fingerprint density at radius 3 is 2.52 bits per heavy atom. The van der Waals surface area contributed by atoms with Crippen molar-refractivity contribution in [3.63, 3.8) is 0 Å². The number of carbonyl (C=O) groups is 1. The summed E-state index contributed by atoms with van der Waals surface area (Å²) in [5.41, 5.74) is 3.44. The summed E-state index contributed by atoms with van der Waals surface area (Å²) >= 11 is 0. The number of amides is 1. The van der Waals surface area contributed by atoms with Gasteiger partial charge in [0, 0.05) is 19.0 Å². The zero-order chi connectivity index (χ0) is 20.8. The molecule has 0 saturated heterocycles. The van der Waals surface area contributed by atoms with Crippen molar-refractivity contribution in [1.29, 1.82) is 0 Å². The molecule has 4 rings (SSSR count). The first-order valence-corrected chi connectivity index (χ1v) is 10.2. The third-order valence-corrected chi connectivity index (χ3v) is 5.84. The highest BCUT2D eigenvalue weighted by atomic mass is 16.6. The number of likely N-dealkylation sites (N-methyl/N-ethyl adjacent to an activating group) is 1. The summed E-state index contributed by atoms with van der Waals surface area (Å²) in [6, 6.07) is 16.1. The molecule has 4 nitrogen and oxygen atoms in total. The van der Waals surface area contributed by atoms with Crippen molar-refractivity contribution < 1.29 is 14.3 Å². The summed E-state index contributed by atoms with van der Waals surface area (Å²) in [4.78, 5) is 14.9. The number of anilines is 1. The van der Waals surface area contributed by atoms with Gasteiger partial charge in [0.1, 0.15) is 18.5 Å². The number of nitrogens with zero attached hydrogens (tertiary/aromatic N) is 1. The van der Waals surface area contributed by atoms with Gasteiger partial charge >= 0.3 is 0 Å². The molecule has 1 spiro atoms. The second-order valence-electron chi connectivity index (χ2n) is 9.14. The zero-order valence-electron chi connectivity index (χ0n) is 17.9. The lowest BCUT2D eigenvalue weighted by atomic mass is 9.85. The molecule has 2 atom stereocenters. The van der Waals surface area contributed by atoms with Gasteiger partial charge in [-0.05, 0) is 36.1 Å². The van der Waals surface area contributed by atoms with Gasteiger partial charge in [-0.25, -0.2) is 0 Å². The molecular weight excluding hydrogens is 362 g/mol. The summed E-state index contributed by atoms with van der Waals surface area (Å²) in [5.74, 6) is 0.799. The Morgan fingerprint density at radius 1 is 1.14 bits per heavy atom. The summed E-state index contributed by atoms with van der Waals surface area (Å²) in [6.45, 7) is 9.01. The van der Waals surface area contributed by atoms with Gasteiger partial charge in [-0.15, -0.1) is 0 Å². The number of rotatable bonds is 3. The molecule has 2 aliphatic rings. The van der Waals surface area contributed by atoms with Crippen LogP contribution in [0.25, 0.3) is 0 Å². The highest BCUT2D eigenvalue weighted by Gasteiger charge is 2.53. The highest BCUT2D eigenvalue weighted by molar-refractivity contribution is 6.07. The van der Waals surface area contributed by atoms with E-state index < -0.39 is 5.60 Å². The largest absolute Gasteiger partial charge is 0.491 e. The number of ether oxygens (including phenoxy) is 2. The molecule has 0 aliphatic carbocycles. The third-order valence-electron chi connectivity index (χ3n) is 5.84. The molecule has 29 heavy (non-hydrogen) atoms. The maximum Gasteiger partial charge on any atom is 0.264 e. The molecule has 1 amide bonds. The van der Waals surface area contributed by atoms with E-state index in [0.717, 1.165) is 22.6 Å². The van der Waals surface area contributed by atoms with Crippen molar-refractivity contribution in [2.45, 2.75) is 51.2 Å². The van der Waals surface area contributed by atoms with Crippen LogP contribution in [-0.2, 0) is 20.5 Å². The topological polar surface area (TPSA) is 38.8 Å². The SMILES string of the molecule is CC1=C[C@@H](COc2ccc(C(C)(C)C)cc2)O[C@@]2(C1)C(=O)N(C)c1ccccc12. The molecular formula is C25H29NO3. The average molecular weight is 392 g/mol. The van der Waals surface area contributed by atoms with E-state index in [2.05, 4.69) is 45.9 Å². The summed E-state index contributed by atoms with van der Waals surface area (Å²) in [5, 5.41) is 0. The van der Waals surface area contributed by atoms with Crippen molar-refractivity contribution in [3.05, 3.63) is 71.3 Å². The lowest BCUT2D eigenvalue weighted by Crippen LogP contribution is -2.46. The van der Waals surface area contributed by atoms with Gasteiger partial charge in [0.05, 0.1) is 5.69 Å². The fourth-order valence-corrected chi connectivity index (χ4v) is 4.30. The molecule has 0 fully saturated rings. The van der Waals surface area contributed by atoms with Gasteiger partial charge in [-0.2, -0.15) is 0 Å². The van der Waals surface area contributed by atoms with Crippen LogP contribution in [0.4, 0.5) is 5.69 Å². The van der Waals surface area contributed by atoms with Crippen LogP contribution in [0, 0.1) is 0 Å². The van der Waals surface area contributed by atoms with E-state index in [4.69, 9.17) is 9.47 Å². The van der Waals surface area contributed by atoms with Gasteiger partial charge in [-0.1, -0.05) is 62.8 Å². The Kier molecular flexibility index (Phi) is 4.78. The van der Waals surface area contributed by atoms with Crippen LogP contribution in [0.3, 0.4) is 0 Å².